The van der Waals surface area contributed by atoms with Gasteiger partial charge in [-0.1, -0.05) is 25.7 Å². The molecule has 3 rings (SSSR count). The number of carbonyl (C=O) groups excluding carboxylic acids is 1. The van der Waals surface area contributed by atoms with Crippen LogP contribution in [0, 0.1) is 5.92 Å². The van der Waals surface area contributed by atoms with Crippen molar-refractivity contribution in [2.24, 2.45) is 5.92 Å². The van der Waals surface area contributed by atoms with E-state index in [1.54, 1.807) is 16.3 Å². The van der Waals surface area contributed by atoms with Gasteiger partial charge in [-0.05, 0) is 18.1 Å². The van der Waals surface area contributed by atoms with E-state index in [1.165, 1.54) is 38.1 Å². The third-order valence-electron chi connectivity index (χ3n) is 4.41. The molecule has 2 heterocycles. The van der Waals surface area contributed by atoms with Crippen LogP contribution in [0.4, 0.5) is 0 Å². The number of aliphatic carboxylic acids is 1. The number of carbonyl (C=O) groups is 2. The van der Waals surface area contributed by atoms with E-state index in [9.17, 15) is 14.4 Å². The SMILES string of the molecule is O=C(O)CNC(=O)c1c(=O)cc(SCCC2CCCC2)n2[nH]cnc12. The van der Waals surface area contributed by atoms with E-state index in [-0.39, 0.29) is 11.2 Å². The Morgan fingerprint density at radius 1 is 1.40 bits per heavy atom. The van der Waals surface area contributed by atoms with Crippen LogP contribution in [0.1, 0.15) is 42.5 Å². The summed E-state index contributed by atoms with van der Waals surface area (Å²) in [7, 11) is 0. The van der Waals surface area contributed by atoms with Crippen LogP contribution >= 0.6 is 11.8 Å². The number of pyridine rings is 1. The smallest absolute Gasteiger partial charge is 0.322 e. The molecule has 0 atom stereocenters. The number of rotatable bonds is 7. The number of nitrogens with zero attached hydrogens (tertiary/aromatic N) is 2. The molecule has 2 aromatic rings. The molecule has 8 nitrogen and oxygen atoms in total. The summed E-state index contributed by atoms with van der Waals surface area (Å²) in [5.74, 6) is -0.247. The number of nitrogens with one attached hydrogen (secondary N) is 2. The number of aromatic nitrogens is 3. The van der Waals surface area contributed by atoms with Crippen molar-refractivity contribution < 1.29 is 14.7 Å². The Kier molecular flexibility index (Phi) is 5.42. The number of amides is 1. The number of hydrogen-bond donors (Lipinski definition) is 3. The van der Waals surface area contributed by atoms with E-state index in [2.05, 4.69) is 15.4 Å². The zero-order valence-electron chi connectivity index (χ0n) is 13.7. The van der Waals surface area contributed by atoms with Crippen LogP contribution in [0.3, 0.4) is 0 Å². The average molecular weight is 364 g/mol. The molecular formula is C16H20N4O4S. The fourth-order valence-electron chi connectivity index (χ4n) is 3.16. The zero-order valence-corrected chi connectivity index (χ0v) is 14.5. The molecule has 9 heteroatoms. The maximum atomic E-state index is 12.4. The van der Waals surface area contributed by atoms with Crippen LogP contribution in [-0.4, -0.2) is 43.9 Å². The lowest BCUT2D eigenvalue weighted by atomic mass is 10.1. The molecular weight excluding hydrogens is 344 g/mol. The normalized spacial score (nSPS) is 14.9. The maximum absolute atomic E-state index is 12.4. The van der Waals surface area contributed by atoms with Crippen LogP contribution in [0.25, 0.3) is 5.65 Å². The van der Waals surface area contributed by atoms with E-state index in [0.29, 0.717) is 5.03 Å². The van der Waals surface area contributed by atoms with Crippen molar-refractivity contribution in [2.75, 3.05) is 12.3 Å². The molecule has 1 amide bonds. The van der Waals surface area contributed by atoms with Crippen LogP contribution in [0.15, 0.2) is 22.2 Å². The fraction of sp³-hybridized carbons (Fsp3) is 0.500. The summed E-state index contributed by atoms with van der Waals surface area (Å²) in [6.07, 6.45) is 7.68. The number of fused-ring (bicyclic) bond motifs is 1. The molecule has 0 unspecified atom stereocenters. The van der Waals surface area contributed by atoms with Crippen LogP contribution in [0.2, 0.25) is 0 Å². The lowest BCUT2D eigenvalue weighted by Crippen LogP contribution is -2.33. The second-order valence-corrected chi connectivity index (χ2v) is 7.25. The Balaban J connectivity index is 1.78. The average Bonchev–Trinajstić information content (AvgIpc) is 3.24. The Labute approximate surface area is 148 Å². The van der Waals surface area contributed by atoms with Gasteiger partial charge in [0.2, 0.25) is 0 Å². The number of thioether (sulfide) groups is 1. The quantitative estimate of drug-likeness (QED) is 0.641. The first-order valence-electron chi connectivity index (χ1n) is 8.28. The molecule has 1 aliphatic carbocycles. The van der Waals surface area contributed by atoms with Gasteiger partial charge >= 0.3 is 5.97 Å². The van der Waals surface area contributed by atoms with E-state index in [4.69, 9.17) is 5.11 Å². The second kappa shape index (κ2) is 7.73. The van der Waals surface area contributed by atoms with Gasteiger partial charge in [0.1, 0.15) is 23.5 Å². The van der Waals surface area contributed by atoms with Gasteiger partial charge in [-0.25, -0.2) is 9.50 Å². The highest BCUT2D eigenvalue weighted by Gasteiger charge is 2.20. The minimum atomic E-state index is -1.18. The highest BCUT2D eigenvalue weighted by molar-refractivity contribution is 7.99. The van der Waals surface area contributed by atoms with E-state index in [0.717, 1.165) is 18.1 Å². The Morgan fingerprint density at radius 3 is 2.88 bits per heavy atom. The van der Waals surface area contributed by atoms with Gasteiger partial charge in [0.15, 0.2) is 11.1 Å². The number of hydrogen-bond acceptors (Lipinski definition) is 5. The minimum Gasteiger partial charge on any atom is -0.480 e. The van der Waals surface area contributed by atoms with Crippen molar-refractivity contribution in [3.05, 3.63) is 28.2 Å². The minimum absolute atomic E-state index is 0.150. The lowest BCUT2D eigenvalue weighted by Gasteiger charge is -2.10. The first-order valence-corrected chi connectivity index (χ1v) is 9.26. The van der Waals surface area contributed by atoms with Crippen molar-refractivity contribution >= 4 is 29.3 Å². The summed E-state index contributed by atoms with van der Waals surface area (Å²) in [6, 6.07) is 1.40. The van der Waals surface area contributed by atoms with Crippen LogP contribution < -0.4 is 10.7 Å². The summed E-state index contributed by atoms with van der Waals surface area (Å²) in [6.45, 7) is -0.549. The first kappa shape index (κ1) is 17.5. The summed E-state index contributed by atoms with van der Waals surface area (Å²) in [5, 5.41) is 14.5. The predicted octanol–water partition coefficient (Wildman–Crippen LogP) is 1.51. The van der Waals surface area contributed by atoms with E-state index < -0.39 is 23.9 Å². The standard InChI is InChI=1S/C16H20N4O4S/c21-11-7-12(25-6-5-10-3-1-2-4-10)20-15(18-9-19-20)14(11)16(24)17-8-13(22)23/h7,9-10H,1-6,8H2,(H,17,24)(H,18,19)(H,22,23). The molecule has 1 aliphatic rings. The molecule has 0 spiro atoms. The van der Waals surface area contributed by atoms with Crippen molar-refractivity contribution in [3.63, 3.8) is 0 Å². The van der Waals surface area contributed by atoms with Gasteiger partial charge in [-0.15, -0.1) is 11.8 Å². The molecule has 0 saturated heterocycles. The summed E-state index contributed by atoms with van der Waals surface area (Å²) < 4.78 is 1.59. The van der Waals surface area contributed by atoms with Gasteiger partial charge in [0, 0.05) is 6.07 Å². The maximum Gasteiger partial charge on any atom is 0.322 e. The molecule has 1 saturated carbocycles. The van der Waals surface area contributed by atoms with E-state index in [1.807, 2.05) is 0 Å². The number of aromatic amines is 1. The van der Waals surface area contributed by atoms with Gasteiger partial charge < -0.3 is 10.4 Å². The van der Waals surface area contributed by atoms with Gasteiger partial charge in [-0.3, -0.25) is 19.5 Å². The molecule has 3 N–H and O–H groups in total. The fourth-order valence-corrected chi connectivity index (χ4v) is 4.28. The summed E-state index contributed by atoms with van der Waals surface area (Å²) in [4.78, 5) is 39.2. The Hall–Kier alpha value is -2.29. The Morgan fingerprint density at radius 2 is 2.16 bits per heavy atom. The van der Waals surface area contributed by atoms with Crippen molar-refractivity contribution in [2.45, 2.75) is 37.1 Å². The largest absolute Gasteiger partial charge is 0.480 e. The first-order chi connectivity index (χ1) is 12.1. The predicted molar refractivity (Wildman–Crippen MR) is 93.1 cm³/mol. The Bertz CT molecular complexity index is 838. The third-order valence-corrected chi connectivity index (χ3v) is 5.44. The lowest BCUT2D eigenvalue weighted by molar-refractivity contribution is -0.135. The highest BCUT2D eigenvalue weighted by Crippen LogP contribution is 2.30. The molecule has 134 valence electrons. The molecule has 0 bridgehead atoms. The molecule has 2 aromatic heterocycles. The third kappa shape index (κ3) is 4.04. The molecule has 0 radical (unpaired) electrons. The van der Waals surface area contributed by atoms with Crippen molar-refractivity contribution in [1.82, 2.24) is 19.9 Å². The van der Waals surface area contributed by atoms with Gasteiger partial charge in [0.25, 0.3) is 5.91 Å². The van der Waals surface area contributed by atoms with E-state index >= 15 is 0 Å². The van der Waals surface area contributed by atoms with Gasteiger partial charge in [0.05, 0.1) is 0 Å². The van der Waals surface area contributed by atoms with Crippen LogP contribution in [-0.2, 0) is 4.79 Å². The second-order valence-electron chi connectivity index (χ2n) is 6.13. The molecule has 0 aromatic carbocycles. The molecule has 0 aliphatic heterocycles. The number of carboxylic acid groups (broad SMARTS) is 1. The van der Waals surface area contributed by atoms with Crippen molar-refractivity contribution in [1.29, 1.82) is 0 Å². The number of H-pyrrole nitrogens is 1. The summed E-state index contributed by atoms with van der Waals surface area (Å²) >= 11 is 1.56. The van der Waals surface area contributed by atoms with Crippen LogP contribution in [0.5, 0.6) is 0 Å². The zero-order chi connectivity index (χ0) is 17.8. The monoisotopic (exact) mass is 364 g/mol. The summed E-state index contributed by atoms with van der Waals surface area (Å²) in [5.41, 5.74) is -0.403. The highest BCUT2D eigenvalue weighted by atomic mass is 32.2. The number of carboxylic acids is 1. The van der Waals surface area contributed by atoms with Crippen molar-refractivity contribution in [3.8, 4) is 0 Å². The topological polar surface area (TPSA) is 117 Å². The van der Waals surface area contributed by atoms with Gasteiger partial charge in [-0.2, -0.15) is 0 Å². The molecule has 1 fully saturated rings. The molecule has 25 heavy (non-hydrogen) atoms.